The van der Waals surface area contributed by atoms with Gasteiger partial charge in [-0.05, 0) is 31.2 Å². The molecule has 0 atom stereocenters. The van der Waals surface area contributed by atoms with Crippen LogP contribution in [0.2, 0.25) is 0 Å². The van der Waals surface area contributed by atoms with Gasteiger partial charge in [-0.2, -0.15) is 5.10 Å². The van der Waals surface area contributed by atoms with Crippen molar-refractivity contribution in [3.05, 3.63) is 72.6 Å². The predicted octanol–water partition coefficient (Wildman–Crippen LogP) is 4.01. The van der Waals surface area contributed by atoms with Gasteiger partial charge in [-0.1, -0.05) is 24.3 Å². The Kier molecular flexibility index (Phi) is 3.42. The summed E-state index contributed by atoms with van der Waals surface area (Å²) in [5.41, 5.74) is 2.83. The first kappa shape index (κ1) is 14.3. The first-order chi connectivity index (χ1) is 11.7. The van der Waals surface area contributed by atoms with Gasteiger partial charge in [0, 0.05) is 5.39 Å². The maximum absolute atomic E-state index is 14.0. The molecule has 0 saturated heterocycles. The molecule has 4 rings (SSSR count). The standard InChI is InChI=1S/C18H14FN5/c1-12-16(10-22-24(12)17-9-5-3-7-14(17)19)23-18-13-6-2-4-8-15(13)20-11-21-18/h2-11H,1H3,(H,20,21,23). The van der Waals surface area contributed by atoms with Crippen molar-refractivity contribution in [3.8, 4) is 5.69 Å². The number of aromatic nitrogens is 4. The number of hydrogen-bond donors (Lipinski definition) is 1. The molecule has 5 nitrogen and oxygen atoms in total. The van der Waals surface area contributed by atoms with Crippen LogP contribution >= 0.6 is 0 Å². The van der Waals surface area contributed by atoms with Crippen molar-refractivity contribution in [1.82, 2.24) is 19.7 Å². The second-order valence-electron chi connectivity index (χ2n) is 5.37. The Balaban J connectivity index is 1.75. The third-order valence-corrected chi connectivity index (χ3v) is 3.89. The molecule has 0 unspecified atom stereocenters. The Hall–Kier alpha value is -3.28. The molecule has 0 aliphatic rings. The zero-order valence-corrected chi connectivity index (χ0v) is 12.9. The van der Waals surface area contributed by atoms with Crippen LogP contribution in [0, 0.1) is 12.7 Å². The molecule has 0 aliphatic carbocycles. The van der Waals surface area contributed by atoms with Crippen LogP contribution in [0.25, 0.3) is 16.6 Å². The van der Waals surface area contributed by atoms with Gasteiger partial charge >= 0.3 is 0 Å². The second-order valence-corrected chi connectivity index (χ2v) is 5.37. The van der Waals surface area contributed by atoms with Crippen molar-refractivity contribution in [2.24, 2.45) is 0 Å². The Morgan fingerprint density at radius 1 is 1.00 bits per heavy atom. The summed E-state index contributed by atoms with van der Waals surface area (Å²) in [5.74, 6) is 0.375. The molecule has 0 amide bonds. The van der Waals surface area contributed by atoms with Crippen LogP contribution in [0.15, 0.2) is 61.1 Å². The van der Waals surface area contributed by atoms with E-state index in [0.29, 0.717) is 11.5 Å². The second kappa shape index (κ2) is 5.73. The fraction of sp³-hybridized carbons (Fsp3) is 0.0556. The number of nitrogens with zero attached hydrogens (tertiary/aromatic N) is 4. The molecule has 0 saturated carbocycles. The smallest absolute Gasteiger partial charge is 0.148 e. The molecule has 0 spiro atoms. The lowest BCUT2D eigenvalue weighted by Gasteiger charge is -2.09. The van der Waals surface area contributed by atoms with Gasteiger partial charge in [0.25, 0.3) is 0 Å². The maximum atomic E-state index is 14.0. The summed E-state index contributed by atoms with van der Waals surface area (Å²) in [5, 5.41) is 8.48. The molecule has 0 radical (unpaired) electrons. The van der Waals surface area contributed by atoms with E-state index in [1.165, 1.54) is 12.4 Å². The van der Waals surface area contributed by atoms with Gasteiger partial charge in [-0.3, -0.25) is 0 Å². The topological polar surface area (TPSA) is 55.6 Å². The van der Waals surface area contributed by atoms with Crippen LogP contribution < -0.4 is 5.32 Å². The molecule has 2 heterocycles. The van der Waals surface area contributed by atoms with Gasteiger partial charge < -0.3 is 5.32 Å². The average molecular weight is 319 g/mol. The van der Waals surface area contributed by atoms with Crippen LogP contribution in [-0.4, -0.2) is 19.7 Å². The van der Waals surface area contributed by atoms with E-state index >= 15 is 0 Å². The van der Waals surface area contributed by atoms with Crippen LogP contribution in [0.5, 0.6) is 0 Å². The molecule has 24 heavy (non-hydrogen) atoms. The first-order valence-corrected chi connectivity index (χ1v) is 7.50. The number of anilines is 2. The highest BCUT2D eigenvalue weighted by molar-refractivity contribution is 5.90. The molecule has 0 fully saturated rings. The molecular formula is C18H14FN5. The lowest BCUT2D eigenvalue weighted by Crippen LogP contribution is -2.02. The maximum Gasteiger partial charge on any atom is 0.148 e. The largest absolute Gasteiger partial charge is 0.337 e. The van der Waals surface area contributed by atoms with Crippen LogP contribution in [-0.2, 0) is 0 Å². The van der Waals surface area contributed by atoms with E-state index in [0.717, 1.165) is 22.3 Å². The molecule has 118 valence electrons. The summed E-state index contributed by atoms with van der Waals surface area (Å²) >= 11 is 0. The third kappa shape index (κ3) is 2.38. The van der Waals surface area contributed by atoms with Crippen molar-refractivity contribution in [2.45, 2.75) is 6.92 Å². The highest BCUT2D eigenvalue weighted by Crippen LogP contribution is 2.26. The van der Waals surface area contributed by atoms with Gasteiger partial charge in [0.05, 0.1) is 23.1 Å². The number of fused-ring (bicyclic) bond motifs is 1. The van der Waals surface area contributed by atoms with E-state index in [1.54, 1.807) is 29.1 Å². The first-order valence-electron chi connectivity index (χ1n) is 7.50. The minimum absolute atomic E-state index is 0.317. The Morgan fingerprint density at radius 3 is 2.67 bits per heavy atom. The normalized spacial score (nSPS) is 10.9. The SMILES string of the molecule is Cc1c(Nc2ncnc3ccccc23)cnn1-c1ccccc1F. The van der Waals surface area contributed by atoms with Crippen molar-refractivity contribution >= 4 is 22.4 Å². The van der Waals surface area contributed by atoms with Crippen LogP contribution in [0.3, 0.4) is 0 Å². The minimum Gasteiger partial charge on any atom is -0.337 e. The van der Waals surface area contributed by atoms with Crippen molar-refractivity contribution in [1.29, 1.82) is 0 Å². The molecule has 6 heteroatoms. The van der Waals surface area contributed by atoms with Crippen molar-refractivity contribution < 1.29 is 4.39 Å². The summed E-state index contributed by atoms with van der Waals surface area (Å²) in [7, 11) is 0. The number of nitrogens with one attached hydrogen (secondary N) is 1. The monoisotopic (exact) mass is 319 g/mol. The Labute approximate surface area is 137 Å². The zero-order chi connectivity index (χ0) is 16.5. The lowest BCUT2D eigenvalue weighted by atomic mass is 10.2. The summed E-state index contributed by atoms with van der Waals surface area (Å²) in [4.78, 5) is 8.56. The van der Waals surface area contributed by atoms with Gasteiger partial charge in [0.2, 0.25) is 0 Å². The number of rotatable bonds is 3. The van der Waals surface area contributed by atoms with E-state index in [9.17, 15) is 4.39 Å². The third-order valence-electron chi connectivity index (χ3n) is 3.89. The molecule has 2 aromatic carbocycles. The van der Waals surface area contributed by atoms with E-state index < -0.39 is 0 Å². The fourth-order valence-electron chi connectivity index (χ4n) is 2.63. The van der Waals surface area contributed by atoms with E-state index in [2.05, 4.69) is 20.4 Å². The van der Waals surface area contributed by atoms with E-state index in [-0.39, 0.29) is 5.82 Å². The van der Waals surface area contributed by atoms with E-state index in [1.807, 2.05) is 31.2 Å². The van der Waals surface area contributed by atoms with Crippen LogP contribution in [0.4, 0.5) is 15.9 Å². The van der Waals surface area contributed by atoms with Gasteiger partial charge in [-0.25, -0.2) is 19.0 Å². The Bertz CT molecular complexity index is 1020. The number of para-hydroxylation sites is 2. The summed E-state index contributed by atoms with van der Waals surface area (Å²) in [6.45, 7) is 1.88. The summed E-state index contributed by atoms with van der Waals surface area (Å²) in [6.07, 6.45) is 3.18. The van der Waals surface area contributed by atoms with Crippen molar-refractivity contribution in [2.75, 3.05) is 5.32 Å². The zero-order valence-electron chi connectivity index (χ0n) is 12.9. The lowest BCUT2D eigenvalue weighted by molar-refractivity contribution is 0.608. The van der Waals surface area contributed by atoms with Crippen LogP contribution in [0.1, 0.15) is 5.69 Å². The van der Waals surface area contributed by atoms with Gasteiger partial charge in [0.1, 0.15) is 23.6 Å². The highest BCUT2D eigenvalue weighted by Gasteiger charge is 2.12. The van der Waals surface area contributed by atoms with Gasteiger partial charge in [0.15, 0.2) is 0 Å². The van der Waals surface area contributed by atoms with Crippen molar-refractivity contribution in [3.63, 3.8) is 0 Å². The number of benzene rings is 2. The Morgan fingerprint density at radius 2 is 1.79 bits per heavy atom. The molecular weight excluding hydrogens is 305 g/mol. The highest BCUT2D eigenvalue weighted by atomic mass is 19.1. The molecule has 0 bridgehead atoms. The van der Waals surface area contributed by atoms with Gasteiger partial charge in [-0.15, -0.1) is 0 Å². The predicted molar refractivity (Wildman–Crippen MR) is 91.1 cm³/mol. The number of halogens is 1. The summed E-state index contributed by atoms with van der Waals surface area (Å²) in [6, 6.07) is 14.3. The average Bonchev–Trinajstić information content (AvgIpc) is 2.96. The quantitative estimate of drug-likeness (QED) is 0.620. The molecule has 4 aromatic rings. The van der Waals surface area contributed by atoms with E-state index in [4.69, 9.17) is 0 Å². The fourth-order valence-corrected chi connectivity index (χ4v) is 2.63. The number of hydrogen-bond acceptors (Lipinski definition) is 4. The molecule has 0 aliphatic heterocycles. The molecule has 2 aromatic heterocycles. The minimum atomic E-state index is -0.317. The summed E-state index contributed by atoms with van der Waals surface area (Å²) < 4.78 is 15.6. The molecule has 1 N–H and O–H groups in total.